The molecule has 0 saturated heterocycles. The molecule has 0 heterocycles. The highest BCUT2D eigenvalue weighted by molar-refractivity contribution is 6.07. The summed E-state index contributed by atoms with van der Waals surface area (Å²) in [6.45, 7) is 9.76. The third kappa shape index (κ3) is 6.00. The van der Waals surface area contributed by atoms with Crippen LogP contribution in [0.15, 0.2) is 42.5 Å². The van der Waals surface area contributed by atoms with Gasteiger partial charge in [-0.15, -0.1) is 0 Å². The summed E-state index contributed by atoms with van der Waals surface area (Å²) < 4.78 is 0. The van der Waals surface area contributed by atoms with Gasteiger partial charge in [-0.3, -0.25) is 14.4 Å². The zero-order chi connectivity index (χ0) is 24.8. The van der Waals surface area contributed by atoms with E-state index in [2.05, 4.69) is 50.3 Å². The Hall–Kier alpha value is -2.81. The van der Waals surface area contributed by atoms with Crippen molar-refractivity contribution in [1.29, 1.82) is 0 Å². The molecule has 0 fully saturated rings. The lowest BCUT2D eigenvalue weighted by Gasteiger charge is -2.33. The van der Waals surface area contributed by atoms with Gasteiger partial charge in [0.1, 0.15) is 11.6 Å². The Bertz CT molecular complexity index is 1070. The van der Waals surface area contributed by atoms with E-state index in [0.29, 0.717) is 6.42 Å². The van der Waals surface area contributed by atoms with Gasteiger partial charge in [0.25, 0.3) is 0 Å². The molecule has 0 radical (unpaired) electrons. The number of hydrogen-bond donors (Lipinski definition) is 0. The molecule has 34 heavy (non-hydrogen) atoms. The summed E-state index contributed by atoms with van der Waals surface area (Å²) in [6.07, 6.45) is 6.11. The fourth-order valence-electron chi connectivity index (χ4n) is 5.60. The van der Waals surface area contributed by atoms with Crippen molar-refractivity contribution >= 4 is 29.0 Å². The number of Topliss-reactive ketones (excluding diaryl/α,β-unsaturated/α-hetero) is 3. The third-order valence-corrected chi connectivity index (χ3v) is 7.23. The van der Waals surface area contributed by atoms with E-state index in [-0.39, 0.29) is 41.5 Å². The first kappa shape index (κ1) is 25.8. The highest BCUT2D eigenvalue weighted by Gasteiger charge is 2.35. The maximum absolute atomic E-state index is 13.3. The number of allylic oxidation sites excluding steroid dienone is 1. The second-order valence-corrected chi connectivity index (χ2v) is 9.98. The first-order valence-electron chi connectivity index (χ1n) is 12.7. The summed E-state index contributed by atoms with van der Waals surface area (Å²) in [5.74, 6) is 0.244. The van der Waals surface area contributed by atoms with E-state index in [4.69, 9.17) is 0 Å². The van der Waals surface area contributed by atoms with E-state index in [9.17, 15) is 14.4 Å². The topological polar surface area (TPSA) is 51.2 Å². The normalized spacial score (nSPS) is 18.4. The van der Waals surface area contributed by atoms with Crippen molar-refractivity contribution in [2.45, 2.75) is 73.1 Å². The molecule has 2 aromatic rings. The highest BCUT2D eigenvalue weighted by atomic mass is 16.1. The molecule has 0 N–H and O–H groups in total. The van der Waals surface area contributed by atoms with Gasteiger partial charge in [0.2, 0.25) is 0 Å². The number of carbonyl (C=O) groups is 3. The van der Waals surface area contributed by atoms with Gasteiger partial charge in [-0.05, 0) is 74.1 Å². The van der Waals surface area contributed by atoms with E-state index in [1.807, 2.05) is 26.0 Å². The number of benzene rings is 2. The van der Waals surface area contributed by atoms with Crippen LogP contribution in [0.1, 0.15) is 91.9 Å². The fourth-order valence-corrected chi connectivity index (χ4v) is 5.60. The third-order valence-electron chi connectivity index (χ3n) is 7.23. The minimum atomic E-state index is -0.140. The summed E-state index contributed by atoms with van der Waals surface area (Å²) >= 11 is 0. The molecule has 2 aromatic carbocycles. The van der Waals surface area contributed by atoms with Crippen LogP contribution in [0.4, 0.5) is 0 Å². The number of fused-ring (bicyclic) bond motifs is 1. The SMILES string of the molecule is CCCC(CC1CC(=O)c2c(C)cccc2/C1=C\c1ccc(C)cc1)C(CC)C(=O)CC(C)=O. The fraction of sp³-hybridized carbons (Fsp3) is 0.452. The van der Waals surface area contributed by atoms with Crippen molar-refractivity contribution in [3.05, 3.63) is 70.3 Å². The average Bonchev–Trinajstić information content (AvgIpc) is 2.77. The summed E-state index contributed by atoms with van der Waals surface area (Å²) in [7, 11) is 0. The van der Waals surface area contributed by atoms with Gasteiger partial charge < -0.3 is 0 Å². The largest absolute Gasteiger partial charge is 0.300 e. The monoisotopic (exact) mass is 458 g/mol. The van der Waals surface area contributed by atoms with Crippen LogP contribution in [0.25, 0.3) is 11.6 Å². The maximum atomic E-state index is 13.3. The van der Waals surface area contributed by atoms with Crippen LogP contribution >= 0.6 is 0 Å². The zero-order valence-electron chi connectivity index (χ0n) is 21.3. The molecule has 3 heteroatoms. The van der Waals surface area contributed by atoms with Crippen molar-refractivity contribution in [3.8, 4) is 0 Å². The molecule has 180 valence electrons. The second-order valence-electron chi connectivity index (χ2n) is 9.98. The van der Waals surface area contributed by atoms with Gasteiger partial charge in [-0.1, -0.05) is 74.4 Å². The van der Waals surface area contributed by atoms with Crippen molar-refractivity contribution in [3.63, 3.8) is 0 Å². The molecule has 1 aliphatic carbocycles. The molecule has 3 rings (SSSR count). The van der Waals surface area contributed by atoms with E-state index < -0.39 is 0 Å². The lowest BCUT2D eigenvalue weighted by molar-refractivity contribution is -0.129. The minimum Gasteiger partial charge on any atom is -0.300 e. The smallest absolute Gasteiger partial charge is 0.164 e. The molecule has 0 amide bonds. The Balaban J connectivity index is 2.04. The number of rotatable bonds is 10. The van der Waals surface area contributed by atoms with Crippen LogP contribution in [-0.2, 0) is 9.59 Å². The van der Waals surface area contributed by atoms with Crippen molar-refractivity contribution < 1.29 is 14.4 Å². The Labute approximate surface area is 204 Å². The number of hydrogen-bond acceptors (Lipinski definition) is 3. The minimum absolute atomic E-state index is 0.0103. The van der Waals surface area contributed by atoms with Crippen LogP contribution in [0.3, 0.4) is 0 Å². The number of ketones is 3. The van der Waals surface area contributed by atoms with Gasteiger partial charge in [0.15, 0.2) is 5.78 Å². The van der Waals surface area contributed by atoms with Gasteiger partial charge in [-0.25, -0.2) is 0 Å². The van der Waals surface area contributed by atoms with E-state index in [1.165, 1.54) is 18.1 Å². The molecule has 0 aliphatic heterocycles. The van der Waals surface area contributed by atoms with Crippen LogP contribution in [0.2, 0.25) is 0 Å². The predicted octanol–water partition coefficient (Wildman–Crippen LogP) is 7.43. The molecule has 0 saturated carbocycles. The lowest BCUT2D eigenvalue weighted by Crippen LogP contribution is -2.29. The second kappa shape index (κ2) is 11.6. The number of aryl methyl sites for hydroxylation is 2. The zero-order valence-corrected chi connectivity index (χ0v) is 21.3. The van der Waals surface area contributed by atoms with Crippen LogP contribution in [0, 0.1) is 31.6 Å². The average molecular weight is 459 g/mol. The van der Waals surface area contributed by atoms with Crippen LogP contribution in [-0.4, -0.2) is 17.3 Å². The molecule has 0 aromatic heterocycles. The molecule has 0 bridgehead atoms. The van der Waals surface area contributed by atoms with E-state index in [1.54, 1.807) is 0 Å². The van der Waals surface area contributed by atoms with Gasteiger partial charge in [0, 0.05) is 17.9 Å². The summed E-state index contributed by atoms with van der Waals surface area (Å²) in [6, 6.07) is 14.6. The molecule has 3 atom stereocenters. The Morgan fingerprint density at radius 2 is 1.76 bits per heavy atom. The summed E-state index contributed by atoms with van der Waals surface area (Å²) in [5, 5.41) is 0. The standard InChI is InChI=1S/C31H38O3/c1-6-9-24(26(7-2)29(33)16-22(5)32)18-25-19-30(34)31-21(4)10-8-11-27(31)28(25)17-23-14-12-20(3)13-15-23/h8,10-15,17,24-26H,6-7,9,16,18-19H2,1-5H3/b28-17-. The lowest BCUT2D eigenvalue weighted by atomic mass is 9.69. The van der Waals surface area contributed by atoms with E-state index >= 15 is 0 Å². The molecular weight excluding hydrogens is 420 g/mol. The molecule has 0 spiro atoms. The predicted molar refractivity (Wildman–Crippen MR) is 140 cm³/mol. The summed E-state index contributed by atoms with van der Waals surface area (Å²) in [5.41, 5.74) is 6.41. The van der Waals surface area contributed by atoms with Crippen LogP contribution < -0.4 is 0 Å². The van der Waals surface area contributed by atoms with Crippen molar-refractivity contribution in [2.24, 2.45) is 17.8 Å². The highest BCUT2D eigenvalue weighted by Crippen LogP contribution is 2.43. The molecule has 3 nitrogen and oxygen atoms in total. The molecule has 3 unspecified atom stereocenters. The maximum Gasteiger partial charge on any atom is 0.164 e. The Morgan fingerprint density at radius 3 is 2.38 bits per heavy atom. The number of carbonyl (C=O) groups excluding carboxylic acids is 3. The molecular formula is C31H38O3. The quantitative estimate of drug-likeness (QED) is 0.348. The van der Waals surface area contributed by atoms with E-state index in [0.717, 1.165) is 47.9 Å². The summed E-state index contributed by atoms with van der Waals surface area (Å²) in [4.78, 5) is 37.9. The van der Waals surface area contributed by atoms with Crippen molar-refractivity contribution in [2.75, 3.05) is 0 Å². The van der Waals surface area contributed by atoms with Gasteiger partial charge >= 0.3 is 0 Å². The first-order valence-corrected chi connectivity index (χ1v) is 12.7. The molecule has 1 aliphatic rings. The van der Waals surface area contributed by atoms with Gasteiger partial charge in [0.05, 0.1) is 6.42 Å². The Kier molecular flexibility index (Phi) is 8.77. The first-order chi connectivity index (χ1) is 16.2. The van der Waals surface area contributed by atoms with Gasteiger partial charge in [-0.2, -0.15) is 0 Å². The van der Waals surface area contributed by atoms with Crippen molar-refractivity contribution in [1.82, 2.24) is 0 Å². The van der Waals surface area contributed by atoms with Crippen LogP contribution in [0.5, 0.6) is 0 Å². The Morgan fingerprint density at radius 1 is 1.06 bits per heavy atom.